The number of aryl methyl sites for hydroxylation is 2. The summed E-state index contributed by atoms with van der Waals surface area (Å²) in [6, 6.07) is 12.1. The normalized spacial score (nSPS) is 11.5. The molecule has 0 fully saturated rings. The van der Waals surface area contributed by atoms with Crippen molar-refractivity contribution in [3.63, 3.8) is 0 Å². The van der Waals surface area contributed by atoms with Gasteiger partial charge in [-0.1, -0.05) is 23.7 Å². The van der Waals surface area contributed by atoms with Crippen molar-refractivity contribution in [3.8, 4) is 0 Å². The maximum atomic E-state index is 6.28. The van der Waals surface area contributed by atoms with Crippen LogP contribution in [0.2, 0.25) is 5.02 Å². The van der Waals surface area contributed by atoms with E-state index in [1.54, 1.807) is 0 Å². The zero-order valence-corrected chi connectivity index (χ0v) is 13.6. The van der Waals surface area contributed by atoms with Crippen molar-refractivity contribution < 1.29 is 8.98 Å². The number of rotatable bonds is 3. The predicted octanol–water partition coefficient (Wildman–Crippen LogP) is 4.43. The van der Waals surface area contributed by atoms with E-state index >= 15 is 0 Å². The highest BCUT2D eigenvalue weighted by atomic mass is 35.5. The average molecular weight is 314 g/mol. The first-order valence-corrected chi connectivity index (χ1v) is 7.51. The fourth-order valence-electron chi connectivity index (χ4n) is 2.40. The Morgan fingerprint density at radius 3 is 2.68 bits per heavy atom. The molecule has 22 heavy (non-hydrogen) atoms. The van der Waals surface area contributed by atoms with Gasteiger partial charge >= 0.3 is 5.89 Å². The molecule has 0 aliphatic heterocycles. The molecule has 3 rings (SSSR count). The Balaban J connectivity index is 1.97. The van der Waals surface area contributed by atoms with E-state index in [4.69, 9.17) is 16.0 Å². The lowest BCUT2D eigenvalue weighted by atomic mass is 10.2. The number of hydrogen-bond donors (Lipinski definition) is 1. The van der Waals surface area contributed by atoms with Crippen molar-refractivity contribution in [2.45, 2.75) is 6.92 Å². The first-order valence-electron chi connectivity index (χ1n) is 7.13. The maximum absolute atomic E-state index is 6.28. The van der Waals surface area contributed by atoms with Crippen LogP contribution in [0.5, 0.6) is 0 Å². The third-order valence-electron chi connectivity index (χ3n) is 3.72. The zero-order valence-electron chi connectivity index (χ0n) is 12.9. The highest BCUT2D eigenvalue weighted by molar-refractivity contribution is 6.32. The molecule has 0 spiro atoms. The Kier molecular flexibility index (Phi) is 3.90. The van der Waals surface area contributed by atoms with Crippen LogP contribution in [0.25, 0.3) is 23.3 Å². The first-order chi connectivity index (χ1) is 10.6. The molecule has 0 radical (unpaired) electrons. The molecule has 2 aromatic carbocycles. The van der Waals surface area contributed by atoms with Gasteiger partial charge in [0.1, 0.15) is 7.05 Å². The van der Waals surface area contributed by atoms with Gasteiger partial charge in [-0.15, -0.1) is 0 Å². The van der Waals surface area contributed by atoms with Crippen LogP contribution in [-0.4, -0.2) is 7.05 Å². The largest absolute Gasteiger partial charge is 0.398 e. The van der Waals surface area contributed by atoms with Crippen LogP contribution < -0.4 is 9.88 Å². The standard InChI is InChI=1S/C18H17ClN2O/c1-12-4-8-16-17(10-12)22-18(21(16)3)9-6-13-5-7-14(20-2)11-15(13)19/h4-11H,1-3H3/p+1. The minimum Gasteiger partial charge on any atom is -0.398 e. The number of halogens is 1. The van der Waals surface area contributed by atoms with Gasteiger partial charge in [-0.2, -0.15) is 4.57 Å². The minimum absolute atomic E-state index is 0.706. The average Bonchev–Trinajstić information content (AvgIpc) is 2.81. The van der Waals surface area contributed by atoms with Gasteiger partial charge in [-0.25, -0.2) is 0 Å². The summed E-state index contributed by atoms with van der Waals surface area (Å²) in [4.78, 5) is 0. The quantitative estimate of drug-likeness (QED) is 0.725. The number of nitrogens with zero attached hydrogens (tertiary/aromatic N) is 1. The van der Waals surface area contributed by atoms with Gasteiger partial charge in [0.25, 0.3) is 5.52 Å². The number of aromatic nitrogens is 1. The van der Waals surface area contributed by atoms with E-state index < -0.39 is 0 Å². The smallest absolute Gasteiger partial charge is 0.373 e. The highest BCUT2D eigenvalue weighted by Crippen LogP contribution is 2.23. The number of nitrogens with one attached hydrogen (secondary N) is 1. The van der Waals surface area contributed by atoms with Gasteiger partial charge < -0.3 is 9.73 Å². The van der Waals surface area contributed by atoms with Crippen molar-refractivity contribution in [2.24, 2.45) is 7.05 Å². The Bertz CT molecular complexity index is 865. The molecule has 0 unspecified atom stereocenters. The van der Waals surface area contributed by atoms with Crippen molar-refractivity contribution in [1.82, 2.24) is 0 Å². The molecule has 0 bridgehead atoms. The molecule has 112 valence electrons. The number of anilines is 1. The molecular weight excluding hydrogens is 296 g/mol. The molecule has 3 nitrogen and oxygen atoms in total. The van der Waals surface area contributed by atoms with E-state index in [0.29, 0.717) is 5.02 Å². The van der Waals surface area contributed by atoms with Gasteiger partial charge in [0, 0.05) is 23.8 Å². The fraction of sp³-hybridized carbons (Fsp3) is 0.167. The van der Waals surface area contributed by atoms with E-state index in [9.17, 15) is 0 Å². The summed E-state index contributed by atoms with van der Waals surface area (Å²) >= 11 is 6.28. The van der Waals surface area contributed by atoms with E-state index in [2.05, 4.69) is 24.4 Å². The SMILES string of the molecule is CNc1ccc(/C=C/c2oc3cc(C)ccc3[n+]2C)c(Cl)c1. The van der Waals surface area contributed by atoms with Crippen LogP contribution in [0.3, 0.4) is 0 Å². The number of oxazole rings is 1. The van der Waals surface area contributed by atoms with Crippen molar-refractivity contribution in [3.05, 3.63) is 58.4 Å². The lowest BCUT2D eigenvalue weighted by molar-refractivity contribution is -0.651. The molecule has 1 aromatic heterocycles. The van der Waals surface area contributed by atoms with E-state index in [1.807, 2.05) is 55.1 Å². The topological polar surface area (TPSA) is 29.1 Å². The van der Waals surface area contributed by atoms with Gasteiger partial charge in [0.15, 0.2) is 0 Å². The van der Waals surface area contributed by atoms with Crippen LogP contribution in [0, 0.1) is 6.92 Å². The Morgan fingerprint density at radius 1 is 1.14 bits per heavy atom. The summed E-state index contributed by atoms with van der Waals surface area (Å²) in [5, 5.41) is 3.78. The minimum atomic E-state index is 0.706. The second kappa shape index (κ2) is 5.85. The molecule has 1 N–H and O–H groups in total. The number of benzene rings is 2. The van der Waals surface area contributed by atoms with Gasteiger partial charge in [-0.3, -0.25) is 0 Å². The van der Waals surface area contributed by atoms with Crippen molar-refractivity contribution in [1.29, 1.82) is 0 Å². The third-order valence-corrected chi connectivity index (χ3v) is 4.04. The Labute approximate surface area is 134 Å². The van der Waals surface area contributed by atoms with E-state index in [-0.39, 0.29) is 0 Å². The summed E-state index contributed by atoms with van der Waals surface area (Å²) in [5.74, 6) is 0.786. The second-order valence-corrected chi connectivity index (χ2v) is 5.70. The molecule has 0 aliphatic rings. The summed E-state index contributed by atoms with van der Waals surface area (Å²) in [7, 11) is 3.87. The number of hydrogen-bond acceptors (Lipinski definition) is 2. The molecule has 0 amide bonds. The van der Waals surface area contributed by atoms with E-state index in [1.165, 1.54) is 5.56 Å². The molecule has 0 aliphatic carbocycles. The predicted molar refractivity (Wildman–Crippen MR) is 92.1 cm³/mol. The van der Waals surface area contributed by atoms with Gasteiger partial charge in [0.2, 0.25) is 5.58 Å². The van der Waals surface area contributed by atoms with Crippen molar-refractivity contribution in [2.75, 3.05) is 12.4 Å². The molecule has 0 saturated heterocycles. The van der Waals surface area contributed by atoms with Gasteiger partial charge in [0.05, 0.1) is 6.08 Å². The highest BCUT2D eigenvalue weighted by Gasteiger charge is 2.16. The lowest BCUT2D eigenvalue weighted by Gasteiger charge is -2.02. The van der Waals surface area contributed by atoms with Gasteiger partial charge in [-0.05, 0) is 42.3 Å². The first kappa shape index (κ1) is 14.7. The Morgan fingerprint density at radius 2 is 1.95 bits per heavy atom. The van der Waals surface area contributed by atoms with Crippen LogP contribution in [0.15, 0.2) is 40.8 Å². The molecule has 1 heterocycles. The monoisotopic (exact) mass is 313 g/mol. The van der Waals surface area contributed by atoms with Crippen molar-refractivity contribution >= 4 is 40.5 Å². The molecular formula is C18H18ClN2O+. The number of fused-ring (bicyclic) bond motifs is 1. The van der Waals surface area contributed by atoms with Crippen LogP contribution >= 0.6 is 11.6 Å². The van der Waals surface area contributed by atoms with Crippen LogP contribution in [-0.2, 0) is 7.05 Å². The van der Waals surface area contributed by atoms with Crippen LogP contribution in [0.4, 0.5) is 5.69 Å². The molecule has 3 aromatic rings. The summed E-state index contributed by atoms with van der Waals surface area (Å²) in [6.45, 7) is 2.06. The fourth-order valence-corrected chi connectivity index (χ4v) is 2.65. The zero-order chi connectivity index (χ0) is 15.7. The third kappa shape index (κ3) is 2.72. The second-order valence-electron chi connectivity index (χ2n) is 5.29. The summed E-state index contributed by atoms with van der Waals surface area (Å²) in [6.07, 6.45) is 3.90. The lowest BCUT2D eigenvalue weighted by Crippen LogP contribution is -2.29. The maximum Gasteiger partial charge on any atom is 0.373 e. The summed E-state index contributed by atoms with van der Waals surface area (Å²) in [5.41, 5.74) is 5.09. The molecule has 0 atom stereocenters. The Hall–Kier alpha value is -2.26. The van der Waals surface area contributed by atoms with E-state index in [0.717, 1.165) is 28.2 Å². The van der Waals surface area contributed by atoms with Crippen LogP contribution in [0.1, 0.15) is 17.0 Å². The molecule has 0 saturated carbocycles. The summed E-state index contributed by atoms with van der Waals surface area (Å²) < 4.78 is 7.94. The molecule has 4 heteroatoms.